The number of hydrogen-bond donors (Lipinski definition) is 1. The Morgan fingerprint density at radius 2 is 1.74 bits per heavy atom. The molecule has 3 aromatic carbocycles. The van der Waals surface area contributed by atoms with Crippen LogP contribution in [0.2, 0.25) is 5.02 Å². The zero-order valence-electron chi connectivity index (χ0n) is 17.9. The van der Waals surface area contributed by atoms with Gasteiger partial charge in [0.2, 0.25) is 5.91 Å². The molecule has 0 aliphatic carbocycles. The van der Waals surface area contributed by atoms with E-state index in [2.05, 4.69) is 10.3 Å². The van der Waals surface area contributed by atoms with E-state index in [-0.39, 0.29) is 5.69 Å². The van der Waals surface area contributed by atoms with Crippen molar-refractivity contribution in [2.75, 3.05) is 16.8 Å². The minimum Gasteiger partial charge on any atom is -0.324 e. The summed E-state index contributed by atoms with van der Waals surface area (Å²) in [4.78, 5) is 31.8. The third kappa shape index (κ3) is 4.82. The van der Waals surface area contributed by atoms with Crippen molar-refractivity contribution in [2.45, 2.75) is 19.1 Å². The van der Waals surface area contributed by atoms with Gasteiger partial charge in [-0.05, 0) is 37.3 Å². The second kappa shape index (κ2) is 9.30. The summed E-state index contributed by atoms with van der Waals surface area (Å²) in [6.45, 7) is 1.10. The summed E-state index contributed by atoms with van der Waals surface area (Å²) in [6, 6.07) is 17.9. The lowest BCUT2D eigenvalue weighted by Gasteiger charge is -2.24. The van der Waals surface area contributed by atoms with Gasteiger partial charge in [-0.15, -0.1) is 0 Å². The van der Waals surface area contributed by atoms with E-state index < -0.39 is 36.1 Å². The van der Waals surface area contributed by atoms with Gasteiger partial charge in [-0.3, -0.25) is 14.6 Å². The van der Waals surface area contributed by atoms with Crippen LogP contribution in [0.15, 0.2) is 77.8 Å². The van der Waals surface area contributed by atoms with Crippen molar-refractivity contribution in [2.24, 2.45) is 4.99 Å². The highest BCUT2D eigenvalue weighted by Gasteiger charge is 2.35. The molecule has 2 amide bonds. The summed E-state index contributed by atoms with van der Waals surface area (Å²) < 4.78 is 40.0. The van der Waals surface area contributed by atoms with E-state index in [1.807, 2.05) is 30.3 Å². The van der Waals surface area contributed by atoms with Crippen molar-refractivity contribution >= 4 is 40.5 Å². The Morgan fingerprint density at radius 1 is 1.06 bits per heavy atom. The number of carbonyl (C=O) groups excluding carboxylic acids is 2. The molecule has 4 rings (SSSR count). The summed E-state index contributed by atoms with van der Waals surface area (Å²) >= 11 is 6.23. The maximum absolute atomic E-state index is 13.3. The first-order chi connectivity index (χ1) is 16.1. The zero-order chi connectivity index (χ0) is 24.5. The molecule has 34 heavy (non-hydrogen) atoms. The molecule has 0 bridgehead atoms. The topological polar surface area (TPSA) is 61.8 Å². The number of para-hydroxylation sites is 1. The van der Waals surface area contributed by atoms with Gasteiger partial charge in [0.15, 0.2) is 0 Å². The van der Waals surface area contributed by atoms with Crippen LogP contribution in [0, 0.1) is 0 Å². The molecule has 1 heterocycles. The van der Waals surface area contributed by atoms with Crippen molar-refractivity contribution in [3.63, 3.8) is 0 Å². The highest BCUT2D eigenvalue weighted by atomic mass is 35.5. The number of halogens is 4. The molecule has 174 valence electrons. The summed E-state index contributed by atoms with van der Waals surface area (Å²) in [5, 5.41) is 2.70. The number of benzene rings is 3. The molecule has 0 saturated carbocycles. The highest BCUT2D eigenvalue weighted by molar-refractivity contribution is 6.32. The molecule has 5 nitrogen and oxygen atoms in total. The average Bonchev–Trinajstić information content (AvgIpc) is 2.89. The Morgan fingerprint density at radius 3 is 2.44 bits per heavy atom. The normalized spacial score (nSPS) is 15.9. The van der Waals surface area contributed by atoms with Gasteiger partial charge in [0.1, 0.15) is 12.6 Å². The van der Waals surface area contributed by atoms with Crippen molar-refractivity contribution < 1.29 is 22.8 Å². The van der Waals surface area contributed by atoms with Crippen LogP contribution in [0.1, 0.15) is 23.6 Å². The van der Waals surface area contributed by atoms with Gasteiger partial charge < -0.3 is 10.2 Å². The number of fused-ring (bicyclic) bond motifs is 1. The molecule has 1 aliphatic rings. The molecule has 0 radical (unpaired) electrons. The number of rotatable bonds is 4. The van der Waals surface area contributed by atoms with Crippen LogP contribution in [0.3, 0.4) is 0 Å². The van der Waals surface area contributed by atoms with E-state index >= 15 is 0 Å². The smallest absolute Gasteiger partial charge is 0.324 e. The third-order valence-corrected chi connectivity index (χ3v) is 5.54. The summed E-state index contributed by atoms with van der Waals surface area (Å²) in [6.07, 6.45) is -4.64. The number of carbonyl (C=O) groups is 2. The number of anilines is 2. The monoisotopic (exact) mass is 485 g/mol. The van der Waals surface area contributed by atoms with Crippen molar-refractivity contribution in [3.05, 3.63) is 94.5 Å². The first-order valence-corrected chi connectivity index (χ1v) is 10.7. The van der Waals surface area contributed by atoms with Gasteiger partial charge in [-0.2, -0.15) is 13.2 Å². The number of aliphatic imine (C=N–C) groups is 1. The zero-order valence-corrected chi connectivity index (χ0v) is 18.7. The molecule has 0 unspecified atom stereocenters. The van der Waals surface area contributed by atoms with E-state index in [4.69, 9.17) is 11.6 Å². The number of nitrogens with zero attached hydrogens (tertiary/aromatic N) is 2. The van der Waals surface area contributed by atoms with Crippen LogP contribution in [0.4, 0.5) is 24.5 Å². The van der Waals surface area contributed by atoms with Crippen LogP contribution < -0.4 is 10.2 Å². The maximum atomic E-state index is 13.3. The third-order valence-electron chi connectivity index (χ3n) is 5.31. The van der Waals surface area contributed by atoms with Crippen LogP contribution >= 0.6 is 11.6 Å². The van der Waals surface area contributed by atoms with Gasteiger partial charge >= 0.3 is 6.18 Å². The lowest BCUT2D eigenvalue weighted by atomic mass is 10.00. The molecular formula is C25H19ClF3N3O2. The van der Waals surface area contributed by atoms with E-state index in [1.165, 1.54) is 17.0 Å². The fraction of sp³-hybridized carbons (Fsp3) is 0.160. The second-order valence-corrected chi connectivity index (χ2v) is 8.13. The fourth-order valence-corrected chi connectivity index (χ4v) is 3.93. The molecule has 0 saturated heterocycles. The quantitative estimate of drug-likeness (QED) is 0.525. The lowest BCUT2D eigenvalue weighted by Crippen LogP contribution is -2.42. The van der Waals surface area contributed by atoms with Gasteiger partial charge in [0.25, 0.3) is 5.91 Å². The average molecular weight is 486 g/mol. The maximum Gasteiger partial charge on any atom is 0.418 e. The molecule has 0 aromatic heterocycles. The Labute approximate surface area is 198 Å². The van der Waals surface area contributed by atoms with E-state index in [0.29, 0.717) is 22.0 Å². The minimum atomic E-state index is -4.64. The predicted molar refractivity (Wildman–Crippen MR) is 125 cm³/mol. The summed E-state index contributed by atoms with van der Waals surface area (Å²) in [5.74, 6) is -1.24. The van der Waals surface area contributed by atoms with Gasteiger partial charge in [-0.25, -0.2) is 0 Å². The van der Waals surface area contributed by atoms with Crippen LogP contribution in [0.5, 0.6) is 0 Å². The van der Waals surface area contributed by atoms with Crippen molar-refractivity contribution in [1.29, 1.82) is 0 Å². The number of alkyl halides is 3. The molecular weight excluding hydrogens is 467 g/mol. The van der Waals surface area contributed by atoms with Crippen LogP contribution in [-0.2, 0) is 15.8 Å². The van der Waals surface area contributed by atoms with E-state index in [9.17, 15) is 22.8 Å². The molecule has 9 heteroatoms. The minimum absolute atomic E-state index is 0.382. The first kappa shape index (κ1) is 23.5. The van der Waals surface area contributed by atoms with Gasteiger partial charge in [-0.1, -0.05) is 54.1 Å². The van der Waals surface area contributed by atoms with E-state index in [0.717, 1.165) is 17.7 Å². The Kier molecular flexibility index (Phi) is 6.43. The largest absolute Gasteiger partial charge is 0.418 e. The number of nitrogens with one attached hydrogen (secondary N) is 1. The summed E-state index contributed by atoms with van der Waals surface area (Å²) in [5.41, 5.74) is 0.870. The van der Waals surface area contributed by atoms with Crippen molar-refractivity contribution in [3.8, 4) is 0 Å². The van der Waals surface area contributed by atoms with Crippen molar-refractivity contribution in [1.82, 2.24) is 0 Å². The predicted octanol–water partition coefficient (Wildman–Crippen LogP) is 5.57. The molecule has 1 atom stereocenters. The fourth-order valence-electron chi connectivity index (χ4n) is 3.76. The Bertz CT molecular complexity index is 1280. The first-order valence-electron chi connectivity index (χ1n) is 10.4. The molecule has 0 spiro atoms. The summed E-state index contributed by atoms with van der Waals surface area (Å²) in [7, 11) is 0. The van der Waals surface area contributed by atoms with Gasteiger partial charge in [0, 0.05) is 16.1 Å². The molecule has 1 N–H and O–H groups in total. The second-order valence-electron chi connectivity index (χ2n) is 7.70. The molecule has 1 aliphatic heterocycles. The Balaban J connectivity index is 1.70. The molecule has 0 fully saturated rings. The highest BCUT2D eigenvalue weighted by Crippen LogP contribution is 2.35. The standard InChI is InChI=1S/C25H19ClF3N3O2/c1-15-24(34)32(14-22(33)31-20-10-6-5-9-19(20)25(27,28)29)21-12-11-17(26)13-18(21)23(30-15)16-7-3-2-4-8-16/h2-13,15H,14H2,1H3,(H,31,33)/t15-/m1/s1. The van der Waals surface area contributed by atoms with Crippen LogP contribution in [-0.4, -0.2) is 30.1 Å². The Hall–Kier alpha value is -3.65. The lowest BCUT2D eigenvalue weighted by molar-refractivity contribution is -0.137. The number of amides is 2. The van der Waals surface area contributed by atoms with Gasteiger partial charge in [0.05, 0.1) is 22.6 Å². The van der Waals surface area contributed by atoms with Crippen LogP contribution in [0.25, 0.3) is 0 Å². The van der Waals surface area contributed by atoms with E-state index in [1.54, 1.807) is 25.1 Å². The SMILES string of the molecule is C[C@H]1N=C(c2ccccc2)c2cc(Cl)ccc2N(CC(=O)Nc2ccccc2C(F)(F)F)C1=O. The number of hydrogen-bond acceptors (Lipinski definition) is 3. The molecule has 3 aromatic rings. The number of benzodiazepines with no additional fused rings is 1.